The Labute approximate surface area is 160 Å². The third-order valence-corrected chi connectivity index (χ3v) is 5.47. The zero-order valence-electron chi connectivity index (χ0n) is 17.0. The first kappa shape index (κ1) is 19.3. The minimum atomic E-state index is -0.342. The van der Waals surface area contributed by atoms with Crippen LogP contribution in [0.1, 0.15) is 68.4 Å². The number of nitrogens with zero attached hydrogens (tertiary/aromatic N) is 3. The fraction of sp³-hybridized carbons (Fsp3) is 0.600. The second kappa shape index (κ2) is 7.29. The summed E-state index contributed by atoms with van der Waals surface area (Å²) in [5, 5.41) is 9.56. The van der Waals surface area contributed by atoms with E-state index in [0.29, 0.717) is 17.6 Å². The molecule has 0 bridgehead atoms. The van der Waals surface area contributed by atoms with Crippen molar-refractivity contribution < 1.29 is 9.32 Å². The van der Waals surface area contributed by atoms with E-state index in [-0.39, 0.29) is 17.5 Å². The van der Waals surface area contributed by atoms with Crippen molar-refractivity contribution >= 4 is 12.0 Å². The van der Waals surface area contributed by atoms with Crippen LogP contribution in [0.2, 0.25) is 0 Å². The molecule has 0 aliphatic heterocycles. The molecule has 2 aromatic rings. The number of carbonyl (C=O) groups excluding carboxylic acids is 1. The van der Waals surface area contributed by atoms with E-state index in [9.17, 15) is 4.79 Å². The van der Waals surface area contributed by atoms with Crippen LogP contribution in [-0.4, -0.2) is 21.2 Å². The Morgan fingerprint density at radius 1 is 1.33 bits per heavy atom. The zero-order chi connectivity index (χ0) is 19.8. The molecule has 0 saturated heterocycles. The summed E-state index contributed by atoms with van der Waals surface area (Å²) >= 11 is 0. The van der Waals surface area contributed by atoms with Crippen LogP contribution in [0.3, 0.4) is 0 Å². The first-order valence-electron chi connectivity index (χ1n) is 9.50. The summed E-state index contributed by atoms with van der Waals surface area (Å²) in [7, 11) is 0. The van der Waals surface area contributed by atoms with Gasteiger partial charge in [0.2, 0.25) is 5.95 Å². The maximum absolute atomic E-state index is 12.3. The normalized spacial score (nSPS) is 17.9. The summed E-state index contributed by atoms with van der Waals surface area (Å²) < 4.78 is 5.16. The highest BCUT2D eigenvalue weighted by atomic mass is 16.5. The second-order valence-corrected chi connectivity index (χ2v) is 8.53. The van der Waals surface area contributed by atoms with Crippen molar-refractivity contribution in [1.29, 1.82) is 0 Å². The molecule has 1 aliphatic rings. The summed E-state index contributed by atoms with van der Waals surface area (Å²) in [5.41, 5.74) is 4.18. The Balaban J connectivity index is 1.64. The van der Waals surface area contributed by atoms with Gasteiger partial charge in [-0.1, -0.05) is 25.9 Å². The smallest absolute Gasteiger partial charge is 0.322 e. The van der Waals surface area contributed by atoms with Gasteiger partial charge in [0.05, 0.1) is 11.7 Å². The molecule has 7 nitrogen and oxygen atoms in total. The van der Waals surface area contributed by atoms with Gasteiger partial charge in [0.25, 0.3) is 0 Å². The van der Waals surface area contributed by atoms with Gasteiger partial charge in [0.1, 0.15) is 5.76 Å². The Morgan fingerprint density at radius 2 is 2.07 bits per heavy atom. The number of aryl methyl sites for hydroxylation is 3. The molecule has 2 heterocycles. The van der Waals surface area contributed by atoms with Gasteiger partial charge in [-0.15, -0.1) is 0 Å². The van der Waals surface area contributed by atoms with Crippen molar-refractivity contribution in [3.63, 3.8) is 0 Å². The van der Waals surface area contributed by atoms with E-state index in [1.165, 1.54) is 5.56 Å². The van der Waals surface area contributed by atoms with Crippen LogP contribution in [0.25, 0.3) is 0 Å². The Morgan fingerprint density at radius 3 is 2.70 bits per heavy atom. The molecular formula is C20H29N5O2. The maximum atomic E-state index is 12.3. The number of aromatic nitrogens is 3. The number of anilines is 1. The number of carbonyl (C=O) groups is 1. The summed E-state index contributed by atoms with van der Waals surface area (Å²) in [6.45, 7) is 12.4. The number of fused-ring (bicyclic) bond motifs is 1. The summed E-state index contributed by atoms with van der Waals surface area (Å²) in [6, 6.07) is -0.563. The monoisotopic (exact) mass is 371 g/mol. The second-order valence-electron chi connectivity index (χ2n) is 8.53. The molecule has 2 unspecified atom stereocenters. The lowest BCUT2D eigenvalue weighted by molar-refractivity contribution is 0.214. The van der Waals surface area contributed by atoms with E-state index in [1.54, 1.807) is 0 Å². The van der Waals surface area contributed by atoms with Crippen LogP contribution in [-0.2, 0) is 12.8 Å². The van der Waals surface area contributed by atoms with E-state index in [2.05, 4.69) is 46.5 Å². The van der Waals surface area contributed by atoms with Crippen molar-refractivity contribution in [3.05, 3.63) is 34.5 Å². The first-order chi connectivity index (χ1) is 12.6. The van der Waals surface area contributed by atoms with E-state index in [1.807, 2.05) is 27.0 Å². The third-order valence-electron chi connectivity index (χ3n) is 5.47. The van der Waals surface area contributed by atoms with Gasteiger partial charge in [0.15, 0.2) is 0 Å². The lowest BCUT2D eigenvalue weighted by Crippen LogP contribution is -2.32. The van der Waals surface area contributed by atoms with Crippen LogP contribution in [0.5, 0.6) is 0 Å². The third kappa shape index (κ3) is 4.28. The van der Waals surface area contributed by atoms with Gasteiger partial charge in [-0.25, -0.2) is 14.8 Å². The average molecular weight is 371 g/mol. The van der Waals surface area contributed by atoms with Gasteiger partial charge < -0.3 is 9.84 Å². The minimum Gasteiger partial charge on any atom is -0.361 e. The first-order valence-corrected chi connectivity index (χ1v) is 9.50. The highest BCUT2D eigenvalue weighted by Crippen LogP contribution is 2.36. The summed E-state index contributed by atoms with van der Waals surface area (Å²) in [6.07, 6.45) is 4.88. The summed E-state index contributed by atoms with van der Waals surface area (Å²) in [5.74, 6) is 1.68. The standard InChI is InChI=1S/C20H29N5O2/c1-11(17-12(2)25-27-13(17)3)22-19(26)24-18-21-10-14-9-15(20(4,5)6)7-8-16(14)23-18/h10-11,15H,7-9H2,1-6H3,(H2,21,22,23,24,26). The number of hydrogen-bond acceptors (Lipinski definition) is 5. The molecule has 0 saturated carbocycles. The minimum absolute atomic E-state index is 0.221. The predicted octanol–water partition coefficient (Wildman–Crippen LogP) is 4.12. The molecule has 146 valence electrons. The number of urea groups is 1. The lowest BCUT2D eigenvalue weighted by atomic mass is 9.72. The highest BCUT2D eigenvalue weighted by Gasteiger charge is 2.29. The molecule has 0 spiro atoms. The molecule has 0 radical (unpaired) electrons. The summed E-state index contributed by atoms with van der Waals surface area (Å²) in [4.78, 5) is 21.2. The fourth-order valence-electron chi connectivity index (χ4n) is 3.82. The van der Waals surface area contributed by atoms with Crippen LogP contribution in [0.4, 0.5) is 10.7 Å². The van der Waals surface area contributed by atoms with E-state index in [0.717, 1.165) is 36.2 Å². The quantitative estimate of drug-likeness (QED) is 0.847. The molecule has 0 aromatic carbocycles. The molecule has 1 aliphatic carbocycles. The van der Waals surface area contributed by atoms with Crippen LogP contribution in [0.15, 0.2) is 10.7 Å². The Bertz CT molecular complexity index is 818. The largest absolute Gasteiger partial charge is 0.361 e. The highest BCUT2D eigenvalue weighted by molar-refractivity contribution is 5.87. The topological polar surface area (TPSA) is 92.9 Å². The Kier molecular flexibility index (Phi) is 5.22. The van der Waals surface area contributed by atoms with Crippen LogP contribution >= 0.6 is 0 Å². The molecule has 0 fully saturated rings. The number of amides is 2. The number of nitrogens with one attached hydrogen (secondary N) is 2. The lowest BCUT2D eigenvalue weighted by Gasteiger charge is -2.34. The van der Waals surface area contributed by atoms with Crippen molar-refractivity contribution in [2.45, 2.75) is 66.8 Å². The average Bonchev–Trinajstić information content (AvgIpc) is 2.92. The van der Waals surface area contributed by atoms with Gasteiger partial charge in [-0.2, -0.15) is 0 Å². The van der Waals surface area contributed by atoms with Crippen molar-refractivity contribution in [1.82, 2.24) is 20.4 Å². The van der Waals surface area contributed by atoms with Gasteiger partial charge in [-0.3, -0.25) is 5.32 Å². The number of rotatable bonds is 3. The van der Waals surface area contributed by atoms with Crippen LogP contribution in [0, 0.1) is 25.2 Å². The SMILES string of the molecule is Cc1noc(C)c1C(C)NC(=O)Nc1ncc2c(n1)CCC(C(C)(C)C)C2. The number of hydrogen-bond donors (Lipinski definition) is 2. The Hall–Kier alpha value is -2.44. The van der Waals surface area contributed by atoms with Crippen molar-refractivity contribution in [3.8, 4) is 0 Å². The van der Waals surface area contributed by atoms with Crippen molar-refractivity contribution in [2.75, 3.05) is 5.32 Å². The molecule has 2 N–H and O–H groups in total. The van der Waals surface area contributed by atoms with Crippen LogP contribution < -0.4 is 10.6 Å². The zero-order valence-corrected chi connectivity index (χ0v) is 17.0. The molecule has 2 aromatic heterocycles. The molecule has 27 heavy (non-hydrogen) atoms. The maximum Gasteiger partial charge on any atom is 0.322 e. The molecule has 7 heteroatoms. The molecule has 3 rings (SSSR count). The van der Waals surface area contributed by atoms with E-state index >= 15 is 0 Å². The van der Waals surface area contributed by atoms with Crippen molar-refractivity contribution in [2.24, 2.45) is 11.3 Å². The predicted molar refractivity (Wildman–Crippen MR) is 104 cm³/mol. The van der Waals surface area contributed by atoms with E-state index in [4.69, 9.17) is 4.52 Å². The molecule has 2 atom stereocenters. The molecule has 2 amide bonds. The fourth-order valence-corrected chi connectivity index (χ4v) is 3.82. The van der Waals surface area contributed by atoms with Gasteiger partial charge >= 0.3 is 6.03 Å². The van der Waals surface area contributed by atoms with Gasteiger partial charge in [-0.05, 0) is 56.9 Å². The van der Waals surface area contributed by atoms with Gasteiger partial charge in [0, 0.05) is 17.5 Å². The van der Waals surface area contributed by atoms with E-state index < -0.39 is 0 Å². The molecular weight excluding hydrogens is 342 g/mol.